The molecule has 2 N–H and O–H groups in total. The molecule has 19 heavy (non-hydrogen) atoms. The molecule has 0 saturated carbocycles. The molecule has 106 valence electrons. The van der Waals surface area contributed by atoms with Crippen molar-refractivity contribution in [1.82, 2.24) is 9.97 Å². The van der Waals surface area contributed by atoms with Crippen molar-refractivity contribution in [1.29, 1.82) is 0 Å². The molecule has 5 heteroatoms. The minimum absolute atomic E-state index is 0.0792. The molecule has 0 amide bonds. The lowest BCUT2D eigenvalue weighted by Crippen LogP contribution is -2.43. The largest absolute Gasteiger partial charge is 0.384 e. The molecule has 1 aliphatic heterocycles. The standard InChI is InChI=1S/C14H24N4S/c1-13(2,3)12-16-10(15)8-11(17-12)18-6-7-19-14(4,5)9-18/h8H,6-7,9H2,1-5H3,(H2,15,16,17). The van der Waals surface area contributed by atoms with Crippen molar-refractivity contribution in [3.05, 3.63) is 11.9 Å². The van der Waals surface area contributed by atoms with Gasteiger partial charge in [-0.1, -0.05) is 20.8 Å². The van der Waals surface area contributed by atoms with Crippen molar-refractivity contribution in [3.63, 3.8) is 0 Å². The molecule has 0 aliphatic carbocycles. The lowest BCUT2D eigenvalue weighted by molar-refractivity contribution is 0.543. The summed E-state index contributed by atoms with van der Waals surface area (Å²) in [7, 11) is 0. The van der Waals surface area contributed by atoms with E-state index in [2.05, 4.69) is 44.5 Å². The van der Waals surface area contributed by atoms with E-state index in [1.54, 1.807) is 0 Å². The van der Waals surface area contributed by atoms with E-state index in [0.717, 1.165) is 30.5 Å². The topological polar surface area (TPSA) is 55.0 Å². The highest BCUT2D eigenvalue weighted by atomic mass is 32.2. The fraction of sp³-hybridized carbons (Fsp3) is 0.714. The van der Waals surface area contributed by atoms with Gasteiger partial charge >= 0.3 is 0 Å². The summed E-state index contributed by atoms with van der Waals surface area (Å²) in [6.07, 6.45) is 0. The first-order valence-electron chi connectivity index (χ1n) is 6.71. The minimum atomic E-state index is -0.0792. The SMILES string of the molecule is CC1(C)CN(c2cc(N)nc(C(C)(C)C)n2)CCS1. The minimum Gasteiger partial charge on any atom is -0.384 e. The third-order valence-corrected chi connectivity index (χ3v) is 4.45. The lowest BCUT2D eigenvalue weighted by Gasteiger charge is -2.38. The summed E-state index contributed by atoms with van der Waals surface area (Å²) in [6, 6.07) is 1.89. The zero-order valence-corrected chi connectivity index (χ0v) is 13.3. The van der Waals surface area contributed by atoms with Crippen molar-refractivity contribution < 1.29 is 0 Å². The Hall–Kier alpha value is -0.970. The third-order valence-electron chi connectivity index (χ3n) is 3.15. The van der Waals surface area contributed by atoms with Crippen LogP contribution in [0.4, 0.5) is 11.6 Å². The number of nitrogen functional groups attached to an aromatic ring is 1. The van der Waals surface area contributed by atoms with Crippen LogP contribution in [0.15, 0.2) is 6.07 Å². The molecule has 2 heterocycles. The molecule has 0 spiro atoms. The van der Waals surface area contributed by atoms with E-state index < -0.39 is 0 Å². The van der Waals surface area contributed by atoms with Crippen LogP contribution in [0.3, 0.4) is 0 Å². The molecule has 1 fully saturated rings. The van der Waals surface area contributed by atoms with Crippen LogP contribution in [-0.4, -0.2) is 33.6 Å². The van der Waals surface area contributed by atoms with Crippen LogP contribution in [0.2, 0.25) is 0 Å². The average Bonchev–Trinajstić information content (AvgIpc) is 2.25. The Morgan fingerprint density at radius 1 is 1.32 bits per heavy atom. The molecular formula is C14H24N4S. The van der Waals surface area contributed by atoms with Crippen molar-refractivity contribution in [2.75, 3.05) is 29.5 Å². The van der Waals surface area contributed by atoms with Gasteiger partial charge in [0.05, 0.1) is 0 Å². The van der Waals surface area contributed by atoms with Gasteiger partial charge in [0, 0.05) is 35.1 Å². The summed E-state index contributed by atoms with van der Waals surface area (Å²) < 4.78 is 0.264. The second-order valence-corrected chi connectivity index (χ2v) is 8.56. The number of aromatic nitrogens is 2. The van der Waals surface area contributed by atoms with Gasteiger partial charge in [-0.2, -0.15) is 11.8 Å². The van der Waals surface area contributed by atoms with Gasteiger partial charge < -0.3 is 10.6 Å². The van der Waals surface area contributed by atoms with Crippen molar-refractivity contribution >= 4 is 23.4 Å². The zero-order chi connectivity index (χ0) is 14.3. The molecule has 0 aromatic carbocycles. The van der Waals surface area contributed by atoms with Crippen LogP contribution >= 0.6 is 11.8 Å². The molecule has 1 aliphatic rings. The van der Waals surface area contributed by atoms with Crippen LogP contribution in [0, 0.1) is 0 Å². The molecule has 2 rings (SSSR count). The zero-order valence-electron chi connectivity index (χ0n) is 12.5. The molecule has 4 nitrogen and oxygen atoms in total. The number of thioether (sulfide) groups is 1. The maximum atomic E-state index is 5.95. The monoisotopic (exact) mass is 280 g/mol. The second kappa shape index (κ2) is 4.85. The Labute approximate surface area is 120 Å². The Kier molecular flexibility index (Phi) is 3.69. The van der Waals surface area contributed by atoms with E-state index >= 15 is 0 Å². The maximum Gasteiger partial charge on any atom is 0.138 e. The van der Waals surface area contributed by atoms with Gasteiger partial charge in [-0.05, 0) is 13.8 Å². The summed E-state index contributed by atoms with van der Waals surface area (Å²) in [4.78, 5) is 11.4. The predicted octanol–water partition coefficient (Wildman–Crippen LogP) is 2.69. The highest BCUT2D eigenvalue weighted by Crippen LogP contribution is 2.32. The number of hydrogen-bond donors (Lipinski definition) is 1. The average molecular weight is 280 g/mol. The molecule has 0 radical (unpaired) electrons. The Balaban J connectivity index is 2.32. The molecule has 1 saturated heterocycles. The normalized spacial score (nSPS) is 19.5. The maximum absolute atomic E-state index is 5.95. The van der Waals surface area contributed by atoms with Gasteiger partial charge in [-0.25, -0.2) is 9.97 Å². The number of hydrogen-bond acceptors (Lipinski definition) is 5. The van der Waals surface area contributed by atoms with E-state index in [-0.39, 0.29) is 10.2 Å². The van der Waals surface area contributed by atoms with E-state index in [4.69, 9.17) is 10.7 Å². The Morgan fingerprint density at radius 3 is 2.58 bits per heavy atom. The number of nitrogens with two attached hydrogens (primary N) is 1. The van der Waals surface area contributed by atoms with Crippen molar-refractivity contribution in [2.45, 2.75) is 44.8 Å². The molecule has 0 bridgehead atoms. The number of anilines is 2. The van der Waals surface area contributed by atoms with E-state index in [9.17, 15) is 0 Å². The first kappa shape index (κ1) is 14.4. The Morgan fingerprint density at radius 2 is 2.00 bits per heavy atom. The van der Waals surface area contributed by atoms with Gasteiger partial charge in [0.25, 0.3) is 0 Å². The summed E-state index contributed by atoms with van der Waals surface area (Å²) >= 11 is 2.02. The van der Waals surface area contributed by atoms with Gasteiger partial charge in [-0.3, -0.25) is 0 Å². The summed E-state index contributed by atoms with van der Waals surface area (Å²) in [5.74, 6) is 3.47. The molecule has 0 unspecified atom stereocenters. The molecular weight excluding hydrogens is 256 g/mol. The number of rotatable bonds is 1. The van der Waals surface area contributed by atoms with Crippen LogP contribution < -0.4 is 10.6 Å². The van der Waals surface area contributed by atoms with E-state index in [0.29, 0.717) is 5.82 Å². The van der Waals surface area contributed by atoms with Crippen molar-refractivity contribution in [2.24, 2.45) is 0 Å². The van der Waals surface area contributed by atoms with Crippen molar-refractivity contribution in [3.8, 4) is 0 Å². The van der Waals surface area contributed by atoms with Gasteiger partial charge in [0.2, 0.25) is 0 Å². The van der Waals surface area contributed by atoms with Crippen LogP contribution in [0.25, 0.3) is 0 Å². The summed E-state index contributed by atoms with van der Waals surface area (Å²) in [5.41, 5.74) is 5.87. The van der Waals surface area contributed by atoms with E-state index in [1.165, 1.54) is 0 Å². The van der Waals surface area contributed by atoms with Gasteiger partial charge in [-0.15, -0.1) is 0 Å². The van der Waals surface area contributed by atoms with Crippen LogP contribution in [0.5, 0.6) is 0 Å². The number of nitrogens with zero attached hydrogens (tertiary/aromatic N) is 3. The molecule has 1 aromatic rings. The van der Waals surface area contributed by atoms with Gasteiger partial charge in [0.1, 0.15) is 17.5 Å². The lowest BCUT2D eigenvalue weighted by atomic mass is 9.96. The van der Waals surface area contributed by atoms with Gasteiger partial charge in [0.15, 0.2) is 0 Å². The second-order valence-electron chi connectivity index (χ2n) is 6.75. The Bertz CT molecular complexity index is 465. The molecule has 0 atom stereocenters. The van der Waals surface area contributed by atoms with E-state index in [1.807, 2.05) is 17.8 Å². The fourth-order valence-corrected chi connectivity index (χ4v) is 3.27. The highest BCUT2D eigenvalue weighted by Gasteiger charge is 2.29. The first-order chi connectivity index (χ1) is 8.67. The molecule has 1 aromatic heterocycles. The summed E-state index contributed by atoms with van der Waals surface area (Å²) in [5, 5.41) is 0. The third kappa shape index (κ3) is 3.53. The summed E-state index contributed by atoms with van der Waals surface area (Å²) in [6.45, 7) is 12.9. The predicted molar refractivity (Wildman–Crippen MR) is 83.9 cm³/mol. The smallest absolute Gasteiger partial charge is 0.138 e. The van der Waals surface area contributed by atoms with Crippen LogP contribution in [-0.2, 0) is 5.41 Å². The first-order valence-corrected chi connectivity index (χ1v) is 7.70. The fourth-order valence-electron chi connectivity index (χ4n) is 2.16. The van der Waals surface area contributed by atoms with Crippen LogP contribution in [0.1, 0.15) is 40.4 Å². The highest BCUT2D eigenvalue weighted by molar-refractivity contribution is 8.00. The quantitative estimate of drug-likeness (QED) is 0.857.